The van der Waals surface area contributed by atoms with Crippen LogP contribution in [0.15, 0.2) is 29.8 Å². The van der Waals surface area contributed by atoms with Crippen LogP contribution >= 0.6 is 11.3 Å². The van der Waals surface area contributed by atoms with Gasteiger partial charge in [0, 0.05) is 26.2 Å². The molecule has 0 saturated carbocycles. The van der Waals surface area contributed by atoms with Crippen molar-refractivity contribution in [1.29, 1.82) is 0 Å². The summed E-state index contributed by atoms with van der Waals surface area (Å²) >= 11 is 1.45. The van der Waals surface area contributed by atoms with Gasteiger partial charge < -0.3 is 15.1 Å². The molecule has 0 radical (unpaired) electrons. The second-order valence-corrected chi connectivity index (χ2v) is 6.55. The zero-order valence-electron chi connectivity index (χ0n) is 12.9. The summed E-state index contributed by atoms with van der Waals surface area (Å²) in [6.45, 7) is 6.14. The van der Waals surface area contributed by atoms with Gasteiger partial charge >= 0.3 is 0 Å². The van der Waals surface area contributed by atoms with Gasteiger partial charge in [0.1, 0.15) is 5.82 Å². The molecule has 1 aliphatic heterocycles. The highest BCUT2D eigenvalue weighted by Gasteiger charge is 2.15. The van der Waals surface area contributed by atoms with E-state index in [0.717, 1.165) is 37.4 Å². The van der Waals surface area contributed by atoms with Gasteiger partial charge in [0.2, 0.25) is 0 Å². The topological polar surface area (TPSA) is 48.5 Å². The Kier molecular flexibility index (Phi) is 4.40. The number of nitrogens with one attached hydrogen (secondary N) is 1. The Morgan fingerprint density at radius 1 is 1.27 bits per heavy atom. The van der Waals surface area contributed by atoms with E-state index in [1.54, 1.807) is 0 Å². The highest BCUT2D eigenvalue weighted by Crippen LogP contribution is 2.19. The molecule has 0 unspecified atom stereocenters. The number of aromatic nitrogens is 1. The maximum Gasteiger partial charge on any atom is 0.266 e. The van der Waals surface area contributed by atoms with Gasteiger partial charge in [-0.25, -0.2) is 4.98 Å². The molecule has 22 heavy (non-hydrogen) atoms. The summed E-state index contributed by atoms with van der Waals surface area (Å²) in [6, 6.07) is 5.78. The van der Waals surface area contributed by atoms with Crippen molar-refractivity contribution in [3.05, 3.63) is 40.2 Å². The van der Waals surface area contributed by atoms with E-state index in [9.17, 15) is 4.79 Å². The third-order valence-electron chi connectivity index (χ3n) is 3.81. The SMILES string of the molecule is Cc1csc(C(=O)Nc2ccc(N3CCN(C)CC3)cn2)c1. The van der Waals surface area contributed by atoms with Crippen LogP contribution in [0.4, 0.5) is 11.5 Å². The molecule has 1 N–H and O–H groups in total. The number of piperazine rings is 1. The number of carbonyl (C=O) groups is 1. The van der Waals surface area contributed by atoms with Crippen LogP contribution in [0.1, 0.15) is 15.2 Å². The van der Waals surface area contributed by atoms with E-state index in [-0.39, 0.29) is 5.91 Å². The Hall–Kier alpha value is -1.92. The summed E-state index contributed by atoms with van der Waals surface area (Å²) < 4.78 is 0. The predicted octanol–water partition coefficient (Wildman–Crippen LogP) is 2.46. The number of carbonyl (C=O) groups excluding carboxylic acids is 1. The molecule has 1 amide bonds. The third-order valence-corrected chi connectivity index (χ3v) is 4.86. The van der Waals surface area contributed by atoms with Crippen LogP contribution in [0.2, 0.25) is 0 Å². The highest BCUT2D eigenvalue weighted by molar-refractivity contribution is 7.12. The van der Waals surface area contributed by atoms with E-state index >= 15 is 0 Å². The number of aryl methyl sites for hydroxylation is 1. The number of pyridine rings is 1. The molecule has 1 aliphatic rings. The molecule has 0 aliphatic carbocycles. The van der Waals surface area contributed by atoms with Gasteiger partial charge in [0.25, 0.3) is 5.91 Å². The lowest BCUT2D eigenvalue weighted by Gasteiger charge is -2.33. The minimum atomic E-state index is -0.0991. The molecule has 3 heterocycles. The van der Waals surface area contributed by atoms with E-state index < -0.39 is 0 Å². The van der Waals surface area contributed by atoms with E-state index in [1.807, 2.05) is 36.7 Å². The van der Waals surface area contributed by atoms with Gasteiger partial charge in [0.05, 0.1) is 16.8 Å². The number of rotatable bonds is 3. The lowest BCUT2D eigenvalue weighted by molar-refractivity contribution is 0.103. The van der Waals surface area contributed by atoms with Crippen LogP contribution in [-0.2, 0) is 0 Å². The van der Waals surface area contributed by atoms with E-state index in [4.69, 9.17) is 0 Å². The number of amides is 1. The summed E-state index contributed by atoms with van der Waals surface area (Å²) in [7, 11) is 2.14. The van der Waals surface area contributed by atoms with E-state index in [0.29, 0.717) is 10.7 Å². The zero-order chi connectivity index (χ0) is 15.5. The second kappa shape index (κ2) is 6.46. The number of hydrogen-bond donors (Lipinski definition) is 1. The molecule has 0 atom stereocenters. The minimum Gasteiger partial charge on any atom is -0.368 e. The van der Waals surface area contributed by atoms with Crippen molar-refractivity contribution in [2.24, 2.45) is 0 Å². The largest absolute Gasteiger partial charge is 0.368 e. The number of nitrogens with zero attached hydrogens (tertiary/aromatic N) is 3. The average molecular weight is 316 g/mol. The first-order chi connectivity index (χ1) is 10.6. The van der Waals surface area contributed by atoms with E-state index in [1.165, 1.54) is 11.3 Å². The predicted molar refractivity (Wildman–Crippen MR) is 91.0 cm³/mol. The molecule has 2 aromatic heterocycles. The van der Waals surface area contributed by atoms with Gasteiger partial charge in [-0.1, -0.05) is 0 Å². The van der Waals surface area contributed by atoms with Crippen molar-refractivity contribution in [3.8, 4) is 0 Å². The lowest BCUT2D eigenvalue weighted by Crippen LogP contribution is -2.44. The number of thiophene rings is 1. The number of anilines is 2. The van der Waals surface area contributed by atoms with Crippen LogP contribution in [-0.4, -0.2) is 49.0 Å². The van der Waals surface area contributed by atoms with Crippen LogP contribution in [0.25, 0.3) is 0 Å². The Bertz CT molecular complexity index is 644. The fourth-order valence-electron chi connectivity index (χ4n) is 2.44. The standard InChI is InChI=1S/C16H20N4OS/c1-12-9-14(22-11-12)16(21)18-15-4-3-13(10-17-15)20-7-5-19(2)6-8-20/h3-4,9-11H,5-8H2,1-2H3,(H,17,18,21). The smallest absolute Gasteiger partial charge is 0.266 e. The summed E-state index contributed by atoms with van der Waals surface area (Å²) in [5, 5.41) is 4.81. The maximum atomic E-state index is 12.1. The third kappa shape index (κ3) is 3.45. The highest BCUT2D eigenvalue weighted by atomic mass is 32.1. The molecule has 0 bridgehead atoms. The number of hydrogen-bond acceptors (Lipinski definition) is 5. The van der Waals surface area contributed by atoms with Gasteiger partial charge in [-0.3, -0.25) is 4.79 Å². The molecule has 3 rings (SSSR count). The number of likely N-dealkylation sites (N-methyl/N-ethyl adjacent to an activating group) is 1. The minimum absolute atomic E-state index is 0.0991. The maximum absolute atomic E-state index is 12.1. The Balaban J connectivity index is 1.63. The average Bonchev–Trinajstić information content (AvgIpc) is 2.96. The van der Waals surface area contributed by atoms with Crippen molar-refractivity contribution in [2.75, 3.05) is 43.4 Å². The van der Waals surface area contributed by atoms with Crippen LogP contribution < -0.4 is 10.2 Å². The second-order valence-electron chi connectivity index (χ2n) is 5.63. The molecule has 1 fully saturated rings. The summed E-state index contributed by atoms with van der Waals surface area (Å²) in [5.41, 5.74) is 2.21. The molecule has 116 valence electrons. The van der Waals surface area contributed by atoms with Crippen molar-refractivity contribution >= 4 is 28.7 Å². The molecule has 6 heteroatoms. The Morgan fingerprint density at radius 2 is 2.05 bits per heavy atom. The normalized spacial score (nSPS) is 15.8. The first-order valence-electron chi connectivity index (χ1n) is 7.38. The van der Waals surface area contributed by atoms with E-state index in [2.05, 4.69) is 27.1 Å². The van der Waals surface area contributed by atoms with Crippen LogP contribution in [0.3, 0.4) is 0 Å². The van der Waals surface area contributed by atoms with Gasteiger partial charge in [-0.05, 0) is 43.1 Å². The fraction of sp³-hybridized carbons (Fsp3) is 0.375. The van der Waals surface area contributed by atoms with Crippen LogP contribution in [0.5, 0.6) is 0 Å². The molecule has 0 aromatic carbocycles. The van der Waals surface area contributed by atoms with Crippen LogP contribution in [0, 0.1) is 6.92 Å². The first kappa shape index (κ1) is 15.0. The van der Waals surface area contributed by atoms with Crippen molar-refractivity contribution in [3.63, 3.8) is 0 Å². The van der Waals surface area contributed by atoms with Gasteiger partial charge in [0.15, 0.2) is 0 Å². The van der Waals surface area contributed by atoms with Gasteiger partial charge in [-0.2, -0.15) is 0 Å². The Labute approximate surface area is 134 Å². The quantitative estimate of drug-likeness (QED) is 0.945. The van der Waals surface area contributed by atoms with Crippen molar-refractivity contribution in [2.45, 2.75) is 6.92 Å². The monoisotopic (exact) mass is 316 g/mol. The lowest BCUT2D eigenvalue weighted by atomic mass is 10.3. The summed E-state index contributed by atoms with van der Waals surface area (Å²) in [5.74, 6) is 0.492. The zero-order valence-corrected chi connectivity index (χ0v) is 13.7. The van der Waals surface area contributed by atoms with Crippen molar-refractivity contribution in [1.82, 2.24) is 9.88 Å². The molecule has 1 saturated heterocycles. The molecular weight excluding hydrogens is 296 g/mol. The van der Waals surface area contributed by atoms with Gasteiger partial charge in [-0.15, -0.1) is 11.3 Å². The Morgan fingerprint density at radius 3 is 2.64 bits per heavy atom. The first-order valence-corrected chi connectivity index (χ1v) is 8.26. The molecule has 5 nitrogen and oxygen atoms in total. The molecule has 0 spiro atoms. The summed E-state index contributed by atoms with van der Waals surface area (Å²) in [6.07, 6.45) is 1.83. The molecule has 2 aromatic rings. The van der Waals surface area contributed by atoms with Crippen molar-refractivity contribution < 1.29 is 4.79 Å². The fourth-order valence-corrected chi connectivity index (χ4v) is 3.23. The summed E-state index contributed by atoms with van der Waals surface area (Å²) in [4.78, 5) is 21.8. The molecular formula is C16H20N4OS.